The summed E-state index contributed by atoms with van der Waals surface area (Å²) in [6, 6.07) is -0.320. The van der Waals surface area contributed by atoms with E-state index in [4.69, 9.17) is 4.74 Å². The van der Waals surface area contributed by atoms with Crippen LogP contribution in [0.3, 0.4) is 0 Å². The summed E-state index contributed by atoms with van der Waals surface area (Å²) >= 11 is 0. The van der Waals surface area contributed by atoms with E-state index in [9.17, 15) is 9.90 Å². The van der Waals surface area contributed by atoms with Crippen LogP contribution in [0.25, 0.3) is 0 Å². The van der Waals surface area contributed by atoms with E-state index in [2.05, 4.69) is 5.32 Å². The number of amides is 1. The molecular weight excluding hydrogens is 230 g/mol. The summed E-state index contributed by atoms with van der Waals surface area (Å²) in [6.45, 7) is 15.2. The third-order valence-electron chi connectivity index (χ3n) is 2.63. The minimum atomic E-state index is -0.620. The molecule has 0 aromatic carbocycles. The summed E-state index contributed by atoms with van der Waals surface area (Å²) in [5.74, 6) is 0.131. The van der Waals surface area contributed by atoms with E-state index in [1.165, 1.54) is 0 Å². The third-order valence-corrected chi connectivity index (χ3v) is 2.63. The lowest BCUT2D eigenvalue weighted by atomic mass is 9.81. The number of carbonyl (C=O) groups excluding carboxylic acids is 1. The predicted octanol–water partition coefficient (Wildman–Crippen LogP) is 2.94. The molecule has 0 aliphatic rings. The molecule has 0 rings (SSSR count). The average Bonchev–Trinajstić information content (AvgIpc) is 2.08. The number of aliphatic hydroxyl groups is 1. The standard InChI is InChI=1S/C14H29NO3/c1-9(2)10(11(16)13(3,4)5)15-12(17)18-14(6,7)8/h9-11,16H,1-8H3,(H,15,17)/t10-,11-/m0/s1. The Labute approximate surface area is 111 Å². The fourth-order valence-corrected chi connectivity index (χ4v) is 1.59. The lowest BCUT2D eigenvalue weighted by molar-refractivity contribution is 0.00284. The van der Waals surface area contributed by atoms with Crippen molar-refractivity contribution in [2.45, 2.75) is 73.1 Å². The van der Waals surface area contributed by atoms with E-state index in [0.717, 1.165) is 0 Å². The second kappa shape index (κ2) is 5.91. The number of rotatable bonds is 3. The Morgan fingerprint density at radius 3 is 1.83 bits per heavy atom. The van der Waals surface area contributed by atoms with Gasteiger partial charge in [-0.2, -0.15) is 0 Å². The first-order valence-corrected chi connectivity index (χ1v) is 6.52. The quantitative estimate of drug-likeness (QED) is 0.819. The van der Waals surface area contributed by atoms with Gasteiger partial charge in [0.25, 0.3) is 0 Å². The van der Waals surface area contributed by atoms with Gasteiger partial charge in [-0.15, -0.1) is 0 Å². The van der Waals surface area contributed by atoms with Crippen molar-refractivity contribution in [3.05, 3.63) is 0 Å². The van der Waals surface area contributed by atoms with Gasteiger partial charge in [-0.05, 0) is 32.1 Å². The molecule has 0 fully saturated rings. The van der Waals surface area contributed by atoms with Gasteiger partial charge in [0.05, 0.1) is 12.1 Å². The van der Waals surface area contributed by atoms with Gasteiger partial charge in [0, 0.05) is 0 Å². The van der Waals surface area contributed by atoms with Crippen LogP contribution in [0.4, 0.5) is 4.79 Å². The van der Waals surface area contributed by atoms with Gasteiger partial charge in [0.1, 0.15) is 5.60 Å². The molecule has 0 bridgehead atoms. The fourth-order valence-electron chi connectivity index (χ4n) is 1.59. The molecule has 0 saturated carbocycles. The topological polar surface area (TPSA) is 58.6 Å². The van der Waals surface area contributed by atoms with E-state index in [0.29, 0.717) is 0 Å². The Balaban J connectivity index is 4.70. The first-order valence-electron chi connectivity index (χ1n) is 6.52. The first-order chi connectivity index (χ1) is 7.84. The summed E-state index contributed by atoms with van der Waals surface area (Å²) in [7, 11) is 0. The summed E-state index contributed by atoms with van der Waals surface area (Å²) in [5.41, 5.74) is -0.817. The lowest BCUT2D eigenvalue weighted by Gasteiger charge is -2.36. The molecule has 0 heterocycles. The van der Waals surface area contributed by atoms with Crippen LogP contribution >= 0.6 is 0 Å². The second-order valence-corrected chi connectivity index (χ2v) is 7.23. The zero-order chi connectivity index (χ0) is 14.7. The molecule has 4 nitrogen and oxygen atoms in total. The Morgan fingerprint density at radius 1 is 1.11 bits per heavy atom. The van der Waals surface area contributed by atoms with Crippen LogP contribution in [-0.4, -0.2) is 28.9 Å². The summed E-state index contributed by atoms with van der Waals surface area (Å²) < 4.78 is 5.22. The molecule has 0 radical (unpaired) electrons. The first kappa shape index (κ1) is 17.2. The lowest BCUT2D eigenvalue weighted by Crippen LogP contribution is -2.52. The van der Waals surface area contributed by atoms with E-state index >= 15 is 0 Å². The fraction of sp³-hybridized carbons (Fsp3) is 0.929. The summed E-state index contributed by atoms with van der Waals surface area (Å²) in [6.07, 6.45) is -1.10. The van der Waals surface area contributed by atoms with Crippen LogP contribution in [-0.2, 0) is 4.74 Å². The number of hydrogen-bond donors (Lipinski definition) is 2. The average molecular weight is 259 g/mol. The summed E-state index contributed by atoms with van der Waals surface area (Å²) in [5, 5.41) is 13.1. The second-order valence-electron chi connectivity index (χ2n) is 7.23. The van der Waals surface area contributed by atoms with Crippen molar-refractivity contribution in [3.63, 3.8) is 0 Å². The number of ether oxygens (including phenoxy) is 1. The van der Waals surface area contributed by atoms with Crippen molar-refractivity contribution in [1.82, 2.24) is 5.32 Å². The van der Waals surface area contributed by atoms with Crippen LogP contribution in [0, 0.1) is 11.3 Å². The van der Waals surface area contributed by atoms with E-state index in [1.807, 2.05) is 55.4 Å². The molecular formula is C14H29NO3. The molecule has 108 valence electrons. The molecule has 2 N–H and O–H groups in total. The third kappa shape index (κ3) is 6.24. The molecule has 0 unspecified atom stereocenters. The van der Waals surface area contributed by atoms with Gasteiger partial charge >= 0.3 is 6.09 Å². The van der Waals surface area contributed by atoms with E-state index in [1.54, 1.807) is 0 Å². The maximum absolute atomic E-state index is 11.8. The van der Waals surface area contributed by atoms with Gasteiger partial charge in [-0.1, -0.05) is 34.6 Å². The van der Waals surface area contributed by atoms with Gasteiger partial charge in [-0.25, -0.2) is 4.79 Å². The Hall–Kier alpha value is -0.770. The SMILES string of the molecule is CC(C)[C@H](NC(=O)OC(C)(C)C)[C@H](O)C(C)(C)C. The zero-order valence-electron chi connectivity index (χ0n) is 13.0. The molecule has 18 heavy (non-hydrogen) atoms. The van der Waals surface area contributed by atoms with Crippen LogP contribution in [0.2, 0.25) is 0 Å². The highest BCUT2D eigenvalue weighted by molar-refractivity contribution is 5.68. The monoisotopic (exact) mass is 259 g/mol. The van der Waals surface area contributed by atoms with Crippen LogP contribution in [0.1, 0.15) is 55.4 Å². The molecule has 0 aromatic rings. The number of hydrogen-bond acceptors (Lipinski definition) is 3. The van der Waals surface area contributed by atoms with Crippen LogP contribution in [0.15, 0.2) is 0 Å². The van der Waals surface area contributed by atoms with Crippen molar-refractivity contribution in [1.29, 1.82) is 0 Å². The summed E-state index contributed by atoms with van der Waals surface area (Å²) in [4.78, 5) is 11.8. The minimum absolute atomic E-state index is 0.131. The molecule has 0 spiro atoms. The smallest absolute Gasteiger partial charge is 0.407 e. The number of aliphatic hydroxyl groups excluding tert-OH is 1. The van der Waals surface area contributed by atoms with E-state index < -0.39 is 17.8 Å². The molecule has 4 heteroatoms. The maximum atomic E-state index is 11.8. The van der Waals surface area contributed by atoms with Crippen molar-refractivity contribution in [3.8, 4) is 0 Å². The molecule has 0 aliphatic carbocycles. The Morgan fingerprint density at radius 2 is 1.56 bits per heavy atom. The molecule has 0 aliphatic heterocycles. The normalized spacial score (nSPS) is 16.3. The van der Waals surface area contributed by atoms with Gasteiger partial charge < -0.3 is 15.2 Å². The van der Waals surface area contributed by atoms with Gasteiger partial charge in [0.2, 0.25) is 0 Å². The van der Waals surface area contributed by atoms with E-state index in [-0.39, 0.29) is 17.4 Å². The highest BCUT2D eigenvalue weighted by atomic mass is 16.6. The molecule has 0 saturated heterocycles. The predicted molar refractivity (Wildman–Crippen MR) is 73.5 cm³/mol. The molecule has 1 amide bonds. The zero-order valence-corrected chi connectivity index (χ0v) is 13.0. The number of carbonyl (C=O) groups is 1. The maximum Gasteiger partial charge on any atom is 0.407 e. The van der Waals surface area contributed by atoms with Crippen molar-refractivity contribution < 1.29 is 14.6 Å². The largest absolute Gasteiger partial charge is 0.444 e. The van der Waals surface area contributed by atoms with Crippen molar-refractivity contribution >= 4 is 6.09 Å². The van der Waals surface area contributed by atoms with Gasteiger partial charge in [0.15, 0.2) is 0 Å². The molecule has 2 atom stereocenters. The minimum Gasteiger partial charge on any atom is -0.444 e. The van der Waals surface area contributed by atoms with Crippen LogP contribution < -0.4 is 5.32 Å². The Bertz CT molecular complexity index is 274. The van der Waals surface area contributed by atoms with Crippen molar-refractivity contribution in [2.75, 3.05) is 0 Å². The molecule has 0 aromatic heterocycles. The van der Waals surface area contributed by atoms with Gasteiger partial charge in [-0.3, -0.25) is 0 Å². The highest BCUT2D eigenvalue weighted by Gasteiger charge is 2.34. The number of alkyl carbamates (subject to hydrolysis) is 1. The van der Waals surface area contributed by atoms with Crippen LogP contribution in [0.5, 0.6) is 0 Å². The highest BCUT2D eigenvalue weighted by Crippen LogP contribution is 2.25. The van der Waals surface area contributed by atoms with Crippen molar-refractivity contribution in [2.24, 2.45) is 11.3 Å². The number of nitrogens with one attached hydrogen (secondary N) is 1. The Kier molecular flexibility index (Phi) is 5.66.